The highest BCUT2D eigenvalue weighted by Gasteiger charge is 2.07. The first-order valence-corrected chi connectivity index (χ1v) is 7.72. The molecule has 0 saturated heterocycles. The second kappa shape index (κ2) is 7.16. The lowest BCUT2D eigenvalue weighted by atomic mass is 10.2. The molecule has 0 aliphatic heterocycles. The Morgan fingerprint density at radius 3 is 2.79 bits per heavy atom. The number of nitrogens with one attached hydrogen (secondary N) is 1. The van der Waals surface area contributed by atoms with Crippen LogP contribution in [0.4, 0.5) is 0 Å². The largest absolute Gasteiger partial charge is 0.419 e. The van der Waals surface area contributed by atoms with E-state index in [2.05, 4.69) is 15.5 Å². The Hall–Kier alpha value is -1.53. The zero-order chi connectivity index (χ0) is 13.5. The molecule has 2 rings (SSSR count). The van der Waals surface area contributed by atoms with Crippen LogP contribution in [0.15, 0.2) is 34.7 Å². The third-order valence-corrected chi connectivity index (χ3v) is 3.90. The minimum atomic E-state index is -0.739. The standard InChI is InChI=1S/C13H17N3O2S/c1-2-19(17)9-8-14-10-12-15-16-13(18-12)11-6-4-3-5-7-11/h3-7,14H,2,8-10H2,1H3. The highest BCUT2D eigenvalue weighted by molar-refractivity contribution is 7.84. The van der Waals surface area contributed by atoms with Crippen LogP contribution >= 0.6 is 0 Å². The number of nitrogens with zero attached hydrogens (tertiary/aromatic N) is 2. The molecule has 0 amide bonds. The SMILES string of the molecule is CCS(=O)CCNCc1nnc(-c2ccccc2)o1. The summed E-state index contributed by atoms with van der Waals surface area (Å²) in [6, 6.07) is 9.65. The molecule has 0 radical (unpaired) electrons. The van der Waals surface area contributed by atoms with E-state index in [-0.39, 0.29) is 0 Å². The van der Waals surface area contributed by atoms with Crippen molar-refractivity contribution in [3.05, 3.63) is 36.2 Å². The van der Waals surface area contributed by atoms with E-state index in [0.717, 1.165) is 5.56 Å². The summed E-state index contributed by atoms with van der Waals surface area (Å²) in [5, 5.41) is 11.1. The predicted molar refractivity (Wildman–Crippen MR) is 75.0 cm³/mol. The van der Waals surface area contributed by atoms with Gasteiger partial charge in [-0.2, -0.15) is 0 Å². The van der Waals surface area contributed by atoms with Gasteiger partial charge in [0, 0.05) is 34.4 Å². The van der Waals surface area contributed by atoms with Gasteiger partial charge >= 0.3 is 0 Å². The summed E-state index contributed by atoms with van der Waals surface area (Å²) in [5.41, 5.74) is 0.910. The Morgan fingerprint density at radius 1 is 1.26 bits per heavy atom. The summed E-state index contributed by atoms with van der Waals surface area (Å²) in [6.07, 6.45) is 0. The van der Waals surface area contributed by atoms with Crippen molar-refractivity contribution in [3.63, 3.8) is 0 Å². The summed E-state index contributed by atoms with van der Waals surface area (Å²) < 4.78 is 16.8. The topological polar surface area (TPSA) is 68.0 Å². The fourth-order valence-electron chi connectivity index (χ4n) is 1.55. The van der Waals surface area contributed by atoms with Crippen LogP contribution in [0, 0.1) is 0 Å². The molecule has 1 aromatic carbocycles. The van der Waals surface area contributed by atoms with Crippen LogP contribution < -0.4 is 5.32 Å². The van der Waals surface area contributed by atoms with E-state index in [4.69, 9.17) is 4.42 Å². The smallest absolute Gasteiger partial charge is 0.247 e. The molecule has 0 bridgehead atoms. The van der Waals surface area contributed by atoms with Crippen molar-refractivity contribution in [1.82, 2.24) is 15.5 Å². The van der Waals surface area contributed by atoms with Crippen molar-refractivity contribution >= 4 is 10.8 Å². The van der Waals surface area contributed by atoms with E-state index < -0.39 is 10.8 Å². The molecule has 0 aliphatic rings. The molecule has 1 unspecified atom stereocenters. The maximum absolute atomic E-state index is 11.2. The van der Waals surface area contributed by atoms with E-state index >= 15 is 0 Å². The minimum absolute atomic E-state index is 0.501. The molecule has 6 heteroatoms. The van der Waals surface area contributed by atoms with Gasteiger partial charge in [0.1, 0.15) is 0 Å². The first-order chi connectivity index (χ1) is 9.29. The van der Waals surface area contributed by atoms with Crippen molar-refractivity contribution in [2.24, 2.45) is 0 Å². The van der Waals surface area contributed by atoms with Gasteiger partial charge in [-0.1, -0.05) is 25.1 Å². The zero-order valence-corrected chi connectivity index (χ0v) is 11.7. The Morgan fingerprint density at radius 2 is 2.05 bits per heavy atom. The molecule has 0 saturated carbocycles. The maximum Gasteiger partial charge on any atom is 0.247 e. The summed E-state index contributed by atoms with van der Waals surface area (Å²) in [6.45, 7) is 3.10. The minimum Gasteiger partial charge on any atom is -0.419 e. The molecule has 0 fully saturated rings. The number of benzene rings is 1. The number of hydrogen-bond donors (Lipinski definition) is 1. The number of aromatic nitrogens is 2. The molecule has 0 aliphatic carbocycles. The van der Waals surface area contributed by atoms with Gasteiger partial charge in [-0.15, -0.1) is 10.2 Å². The van der Waals surface area contributed by atoms with Crippen molar-refractivity contribution in [3.8, 4) is 11.5 Å². The summed E-state index contributed by atoms with van der Waals surface area (Å²) in [5.74, 6) is 2.41. The maximum atomic E-state index is 11.2. The molecular weight excluding hydrogens is 262 g/mol. The average Bonchev–Trinajstić information content (AvgIpc) is 2.93. The first-order valence-electron chi connectivity index (χ1n) is 6.23. The second-order valence-electron chi connectivity index (χ2n) is 3.98. The van der Waals surface area contributed by atoms with E-state index in [9.17, 15) is 4.21 Å². The molecule has 1 atom stereocenters. The van der Waals surface area contributed by atoms with E-state index in [1.807, 2.05) is 37.3 Å². The van der Waals surface area contributed by atoms with Crippen molar-refractivity contribution < 1.29 is 8.63 Å². The van der Waals surface area contributed by atoms with Gasteiger partial charge in [-0.3, -0.25) is 4.21 Å². The fraction of sp³-hybridized carbons (Fsp3) is 0.385. The van der Waals surface area contributed by atoms with E-state index in [1.165, 1.54) is 0 Å². The average molecular weight is 279 g/mol. The molecule has 19 heavy (non-hydrogen) atoms. The van der Waals surface area contributed by atoms with Gasteiger partial charge in [0.25, 0.3) is 0 Å². The van der Waals surface area contributed by atoms with Crippen LogP contribution in [0.3, 0.4) is 0 Å². The molecule has 1 N–H and O–H groups in total. The van der Waals surface area contributed by atoms with Gasteiger partial charge < -0.3 is 9.73 Å². The Labute approximate surface area is 114 Å². The first kappa shape index (κ1) is 13.9. The van der Waals surface area contributed by atoms with E-state index in [1.54, 1.807) is 0 Å². The van der Waals surface area contributed by atoms with Crippen molar-refractivity contribution in [2.75, 3.05) is 18.1 Å². The van der Waals surface area contributed by atoms with E-state index in [0.29, 0.717) is 36.4 Å². The van der Waals surface area contributed by atoms with Crippen molar-refractivity contribution in [2.45, 2.75) is 13.5 Å². The molecule has 102 valence electrons. The molecule has 5 nitrogen and oxygen atoms in total. The predicted octanol–water partition coefficient (Wildman–Crippen LogP) is 1.59. The fourth-order valence-corrected chi connectivity index (χ4v) is 2.21. The lowest BCUT2D eigenvalue weighted by molar-refractivity contribution is 0.482. The summed E-state index contributed by atoms with van der Waals surface area (Å²) >= 11 is 0. The monoisotopic (exact) mass is 279 g/mol. The normalized spacial score (nSPS) is 12.5. The zero-order valence-electron chi connectivity index (χ0n) is 10.8. The Kier molecular flexibility index (Phi) is 5.23. The van der Waals surface area contributed by atoms with Gasteiger partial charge in [0.2, 0.25) is 11.8 Å². The molecule has 0 spiro atoms. The van der Waals surface area contributed by atoms with Crippen LogP contribution in [0.25, 0.3) is 11.5 Å². The second-order valence-corrected chi connectivity index (χ2v) is 5.84. The van der Waals surface area contributed by atoms with Crippen molar-refractivity contribution in [1.29, 1.82) is 0 Å². The number of hydrogen-bond acceptors (Lipinski definition) is 5. The lowest BCUT2D eigenvalue weighted by Crippen LogP contribution is -2.20. The third-order valence-electron chi connectivity index (χ3n) is 2.59. The summed E-state index contributed by atoms with van der Waals surface area (Å²) in [7, 11) is -0.739. The molecule has 1 heterocycles. The highest BCUT2D eigenvalue weighted by atomic mass is 32.2. The lowest BCUT2D eigenvalue weighted by Gasteiger charge is -2.00. The quantitative estimate of drug-likeness (QED) is 0.780. The number of rotatable bonds is 7. The molecule has 1 aromatic heterocycles. The van der Waals surface area contributed by atoms with Gasteiger partial charge in [-0.25, -0.2) is 0 Å². The third kappa shape index (κ3) is 4.25. The molecular formula is C13H17N3O2S. The highest BCUT2D eigenvalue weighted by Crippen LogP contribution is 2.16. The molecule has 2 aromatic rings. The Balaban J connectivity index is 1.83. The van der Waals surface area contributed by atoms with Gasteiger partial charge in [0.15, 0.2) is 0 Å². The Bertz CT molecular complexity index is 528. The summed E-state index contributed by atoms with van der Waals surface area (Å²) in [4.78, 5) is 0. The van der Waals surface area contributed by atoms with Crippen LogP contribution in [0.5, 0.6) is 0 Å². The van der Waals surface area contributed by atoms with Crippen LogP contribution in [0.2, 0.25) is 0 Å². The van der Waals surface area contributed by atoms with Gasteiger partial charge in [-0.05, 0) is 12.1 Å². The van der Waals surface area contributed by atoms with Crippen LogP contribution in [-0.4, -0.2) is 32.5 Å². The van der Waals surface area contributed by atoms with Gasteiger partial charge in [0.05, 0.1) is 6.54 Å². The van der Waals surface area contributed by atoms with Crippen LogP contribution in [-0.2, 0) is 17.3 Å². The van der Waals surface area contributed by atoms with Crippen LogP contribution in [0.1, 0.15) is 12.8 Å².